The summed E-state index contributed by atoms with van der Waals surface area (Å²) in [6.07, 6.45) is -0.642. The van der Waals surface area contributed by atoms with Gasteiger partial charge in [0.2, 0.25) is 5.91 Å². The number of amides is 2. The van der Waals surface area contributed by atoms with Gasteiger partial charge in [0, 0.05) is 13.6 Å². The van der Waals surface area contributed by atoms with Gasteiger partial charge in [-0.1, -0.05) is 18.2 Å². The number of methoxy groups -OCH3 is 2. The van der Waals surface area contributed by atoms with Gasteiger partial charge in [-0.3, -0.25) is 14.5 Å². The zero-order valence-electron chi connectivity index (χ0n) is 17.3. The summed E-state index contributed by atoms with van der Waals surface area (Å²) in [6.45, 7) is 3.80. The maximum absolute atomic E-state index is 13.1. The molecule has 1 heterocycles. The minimum atomic E-state index is -0.667. The molecule has 2 aromatic rings. The molecule has 1 aliphatic rings. The maximum Gasteiger partial charge on any atom is 0.268 e. The number of ether oxygens (including phenoxy) is 3. The topological polar surface area (TPSA) is 68.3 Å². The number of fused-ring (bicyclic) bond motifs is 1. The van der Waals surface area contributed by atoms with Crippen molar-refractivity contribution < 1.29 is 23.8 Å². The van der Waals surface area contributed by atoms with E-state index in [1.807, 2.05) is 24.3 Å². The summed E-state index contributed by atoms with van der Waals surface area (Å²) < 4.78 is 16.3. The summed E-state index contributed by atoms with van der Waals surface area (Å²) in [7, 11) is 4.87. The highest BCUT2D eigenvalue weighted by Crippen LogP contribution is 2.35. The van der Waals surface area contributed by atoms with Crippen LogP contribution in [-0.4, -0.2) is 50.1 Å². The van der Waals surface area contributed by atoms with Crippen molar-refractivity contribution in [3.05, 3.63) is 48.0 Å². The molecule has 0 aromatic heterocycles. The summed E-state index contributed by atoms with van der Waals surface area (Å²) in [4.78, 5) is 29.0. The molecule has 154 valence electrons. The lowest BCUT2D eigenvalue weighted by Gasteiger charge is -2.37. The molecule has 7 nitrogen and oxygen atoms in total. The fourth-order valence-corrected chi connectivity index (χ4v) is 3.47. The Hall–Kier alpha value is -3.22. The molecule has 0 unspecified atom stereocenters. The monoisotopic (exact) mass is 398 g/mol. The standard InChI is InChI=1S/C22H26N2O5/c1-14(24-17-8-6-7-9-18(17)29-15(2)22(24)26)21(25)23(3)13-16-10-11-19(27-4)20(12-16)28-5/h6-12,14-15H,13H2,1-5H3/t14-,15+/m1/s1. The van der Waals surface area contributed by atoms with Crippen molar-refractivity contribution in [1.82, 2.24) is 4.90 Å². The Morgan fingerprint density at radius 3 is 2.55 bits per heavy atom. The molecule has 0 radical (unpaired) electrons. The predicted octanol–water partition coefficient (Wildman–Crippen LogP) is 2.86. The van der Waals surface area contributed by atoms with Crippen LogP contribution >= 0.6 is 0 Å². The fraction of sp³-hybridized carbons (Fsp3) is 0.364. The average Bonchev–Trinajstić information content (AvgIpc) is 2.73. The van der Waals surface area contributed by atoms with Crippen molar-refractivity contribution in [3.63, 3.8) is 0 Å². The van der Waals surface area contributed by atoms with Gasteiger partial charge in [0.15, 0.2) is 17.6 Å². The number of hydrogen-bond acceptors (Lipinski definition) is 5. The van der Waals surface area contributed by atoms with E-state index >= 15 is 0 Å². The zero-order chi connectivity index (χ0) is 21.1. The number of rotatable bonds is 6. The SMILES string of the molecule is COc1ccc(CN(C)C(=O)[C@@H](C)N2C(=O)[C@H](C)Oc3ccccc32)cc1OC. The first kappa shape index (κ1) is 20.5. The van der Waals surface area contributed by atoms with Crippen LogP contribution in [0.3, 0.4) is 0 Å². The first-order valence-corrected chi connectivity index (χ1v) is 9.42. The van der Waals surface area contributed by atoms with Gasteiger partial charge in [-0.15, -0.1) is 0 Å². The summed E-state index contributed by atoms with van der Waals surface area (Å²) in [5.41, 5.74) is 1.50. The lowest BCUT2D eigenvalue weighted by molar-refractivity contribution is -0.135. The molecule has 0 saturated carbocycles. The van der Waals surface area contributed by atoms with Crippen molar-refractivity contribution in [2.75, 3.05) is 26.2 Å². The maximum atomic E-state index is 13.1. The molecule has 0 spiro atoms. The number of carbonyl (C=O) groups excluding carboxylic acids is 2. The van der Waals surface area contributed by atoms with Crippen molar-refractivity contribution in [3.8, 4) is 17.2 Å². The Balaban J connectivity index is 1.80. The Morgan fingerprint density at radius 1 is 1.17 bits per heavy atom. The minimum absolute atomic E-state index is 0.169. The van der Waals surface area contributed by atoms with Gasteiger partial charge in [-0.2, -0.15) is 0 Å². The van der Waals surface area contributed by atoms with Crippen LogP contribution in [-0.2, 0) is 16.1 Å². The van der Waals surface area contributed by atoms with Gasteiger partial charge >= 0.3 is 0 Å². The Morgan fingerprint density at radius 2 is 1.86 bits per heavy atom. The highest BCUT2D eigenvalue weighted by Gasteiger charge is 2.37. The first-order valence-electron chi connectivity index (χ1n) is 9.42. The molecule has 2 amide bonds. The number of nitrogens with zero attached hydrogens (tertiary/aromatic N) is 2. The van der Waals surface area contributed by atoms with Crippen LogP contribution in [0.4, 0.5) is 5.69 Å². The van der Waals surface area contributed by atoms with Crippen LogP contribution in [0.5, 0.6) is 17.2 Å². The summed E-state index contributed by atoms with van der Waals surface area (Å²) in [5.74, 6) is 1.43. The van der Waals surface area contributed by atoms with Crippen LogP contribution < -0.4 is 19.1 Å². The smallest absolute Gasteiger partial charge is 0.268 e. The Kier molecular flexibility index (Phi) is 5.96. The number of anilines is 1. The van der Waals surface area contributed by atoms with E-state index in [2.05, 4.69) is 0 Å². The molecule has 0 N–H and O–H groups in total. The normalized spacial score (nSPS) is 16.5. The number of benzene rings is 2. The number of likely N-dealkylation sites (N-methyl/N-ethyl adjacent to an activating group) is 1. The lowest BCUT2D eigenvalue weighted by atomic mass is 10.1. The molecule has 0 bridgehead atoms. The largest absolute Gasteiger partial charge is 0.493 e. The Labute approximate surface area is 170 Å². The van der Waals surface area contributed by atoms with Crippen molar-refractivity contribution in [2.24, 2.45) is 0 Å². The molecule has 0 saturated heterocycles. The van der Waals surface area contributed by atoms with Gasteiger partial charge in [0.25, 0.3) is 5.91 Å². The highest BCUT2D eigenvalue weighted by molar-refractivity contribution is 6.05. The van der Waals surface area contributed by atoms with E-state index in [4.69, 9.17) is 14.2 Å². The molecule has 7 heteroatoms. The second-order valence-corrected chi connectivity index (χ2v) is 7.00. The van der Waals surface area contributed by atoms with Gasteiger partial charge in [-0.05, 0) is 43.7 Å². The van der Waals surface area contributed by atoms with E-state index in [-0.39, 0.29) is 11.8 Å². The lowest BCUT2D eigenvalue weighted by Crippen LogP contribution is -2.54. The van der Waals surface area contributed by atoms with E-state index < -0.39 is 12.1 Å². The first-order chi connectivity index (χ1) is 13.9. The number of hydrogen-bond donors (Lipinski definition) is 0. The minimum Gasteiger partial charge on any atom is -0.493 e. The van der Waals surface area contributed by atoms with Crippen molar-refractivity contribution in [1.29, 1.82) is 0 Å². The fourth-order valence-electron chi connectivity index (χ4n) is 3.47. The van der Waals surface area contributed by atoms with Gasteiger partial charge < -0.3 is 19.1 Å². The van der Waals surface area contributed by atoms with Gasteiger partial charge in [-0.25, -0.2) is 0 Å². The summed E-state index contributed by atoms with van der Waals surface area (Å²) in [5, 5.41) is 0. The molecular formula is C22H26N2O5. The van der Waals surface area contributed by atoms with E-state index in [1.54, 1.807) is 58.2 Å². The molecular weight excluding hydrogens is 372 g/mol. The zero-order valence-corrected chi connectivity index (χ0v) is 17.3. The van der Waals surface area contributed by atoms with Gasteiger partial charge in [0.05, 0.1) is 19.9 Å². The van der Waals surface area contributed by atoms with Crippen LogP contribution in [0.25, 0.3) is 0 Å². The van der Waals surface area contributed by atoms with E-state index in [0.717, 1.165) is 5.56 Å². The third-order valence-corrected chi connectivity index (χ3v) is 5.00. The predicted molar refractivity (Wildman–Crippen MR) is 110 cm³/mol. The molecule has 0 aliphatic carbocycles. The second-order valence-electron chi connectivity index (χ2n) is 7.00. The number of carbonyl (C=O) groups is 2. The van der Waals surface area contributed by atoms with E-state index in [0.29, 0.717) is 29.5 Å². The third-order valence-electron chi connectivity index (χ3n) is 5.00. The molecule has 1 aliphatic heterocycles. The number of para-hydroxylation sites is 2. The van der Waals surface area contributed by atoms with Crippen LogP contribution in [0.1, 0.15) is 19.4 Å². The molecule has 2 atom stereocenters. The molecule has 2 aromatic carbocycles. The van der Waals surface area contributed by atoms with Gasteiger partial charge in [0.1, 0.15) is 11.8 Å². The molecule has 3 rings (SSSR count). The van der Waals surface area contributed by atoms with Crippen LogP contribution in [0.15, 0.2) is 42.5 Å². The van der Waals surface area contributed by atoms with E-state index in [9.17, 15) is 9.59 Å². The average molecular weight is 398 g/mol. The summed E-state index contributed by atoms with van der Waals surface area (Å²) in [6, 6.07) is 12.1. The van der Waals surface area contributed by atoms with Crippen LogP contribution in [0, 0.1) is 0 Å². The quantitative estimate of drug-likeness (QED) is 0.749. The van der Waals surface area contributed by atoms with Crippen LogP contribution in [0.2, 0.25) is 0 Å². The summed E-state index contributed by atoms with van der Waals surface area (Å²) >= 11 is 0. The third kappa shape index (κ3) is 3.99. The molecule has 29 heavy (non-hydrogen) atoms. The van der Waals surface area contributed by atoms with Crippen molar-refractivity contribution in [2.45, 2.75) is 32.5 Å². The molecule has 0 fully saturated rings. The Bertz CT molecular complexity index is 914. The highest BCUT2D eigenvalue weighted by atomic mass is 16.5. The second kappa shape index (κ2) is 8.43. The van der Waals surface area contributed by atoms with Crippen molar-refractivity contribution >= 4 is 17.5 Å². The van der Waals surface area contributed by atoms with E-state index in [1.165, 1.54) is 4.90 Å².